The van der Waals surface area contributed by atoms with E-state index in [0.29, 0.717) is 5.56 Å². The van der Waals surface area contributed by atoms with Crippen molar-refractivity contribution in [1.82, 2.24) is 0 Å². The van der Waals surface area contributed by atoms with Crippen molar-refractivity contribution >= 4 is 23.3 Å². The lowest BCUT2D eigenvalue weighted by Crippen LogP contribution is -2.50. The molecule has 0 bridgehead atoms. The number of methoxy groups -OCH3 is 1. The lowest BCUT2D eigenvalue weighted by Gasteiger charge is -2.38. The highest BCUT2D eigenvalue weighted by Gasteiger charge is 2.56. The van der Waals surface area contributed by atoms with Crippen molar-refractivity contribution in [3.8, 4) is 0 Å². The van der Waals surface area contributed by atoms with Gasteiger partial charge in [-0.05, 0) is 37.6 Å². The number of esters is 1. The van der Waals surface area contributed by atoms with Gasteiger partial charge in [-0.15, -0.1) is 0 Å². The first-order chi connectivity index (χ1) is 12.5. The van der Waals surface area contributed by atoms with Gasteiger partial charge in [-0.2, -0.15) is 0 Å². The molecule has 1 atom stereocenters. The second-order valence-corrected chi connectivity index (χ2v) is 6.91. The number of carbonyl (C=O) groups excluding carboxylic acids is 2. The van der Waals surface area contributed by atoms with Gasteiger partial charge in [-0.3, -0.25) is 9.69 Å². The molecule has 0 saturated carbocycles. The monoisotopic (exact) mass is 350 g/mol. The molecule has 1 amide bonds. The maximum Gasteiger partial charge on any atom is 0.337 e. The highest BCUT2D eigenvalue weighted by atomic mass is 16.5. The molecule has 0 aliphatic carbocycles. The minimum Gasteiger partial charge on any atom is -0.465 e. The Labute approximate surface area is 153 Å². The molecule has 2 aromatic carbocycles. The average molecular weight is 350 g/mol. The molecule has 0 radical (unpaired) electrons. The maximum atomic E-state index is 13.2. The van der Waals surface area contributed by atoms with Crippen molar-refractivity contribution in [2.75, 3.05) is 23.5 Å². The van der Waals surface area contributed by atoms with Crippen LogP contribution < -0.4 is 9.80 Å². The number of anilines is 2. The largest absolute Gasteiger partial charge is 0.465 e. The van der Waals surface area contributed by atoms with Crippen molar-refractivity contribution in [1.29, 1.82) is 0 Å². The smallest absolute Gasteiger partial charge is 0.337 e. The zero-order valence-electron chi connectivity index (χ0n) is 15.3. The van der Waals surface area contributed by atoms with Crippen LogP contribution in [-0.4, -0.2) is 25.5 Å². The third kappa shape index (κ3) is 2.03. The van der Waals surface area contributed by atoms with E-state index in [9.17, 15) is 9.59 Å². The van der Waals surface area contributed by atoms with Gasteiger partial charge >= 0.3 is 5.97 Å². The van der Waals surface area contributed by atoms with Gasteiger partial charge in [0.2, 0.25) is 0 Å². The topological polar surface area (TPSA) is 49.9 Å². The van der Waals surface area contributed by atoms with Crippen LogP contribution in [-0.2, 0) is 10.4 Å². The van der Waals surface area contributed by atoms with Gasteiger partial charge in [0.05, 0.1) is 24.0 Å². The Morgan fingerprint density at radius 2 is 1.92 bits per heavy atom. The summed E-state index contributed by atoms with van der Waals surface area (Å²) >= 11 is 0. The van der Waals surface area contributed by atoms with Crippen molar-refractivity contribution in [2.24, 2.45) is 0 Å². The summed E-state index contributed by atoms with van der Waals surface area (Å²) in [4.78, 5) is 29.3. The Hall–Kier alpha value is -2.82. The molecule has 0 spiro atoms. The summed E-state index contributed by atoms with van der Waals surface area (Å²) in [5, 5.41) is 0. The van der Waals surface area contributed by atoms with E-state index in [1.165, 1.54) is 7.11 Å². The molecular formula is C21H22N2O3. The number of hydrogen-bond donors (Lipinski definition) is 0. The minimum atomic E-state index is -0.570. The molecule has 4 rings (SSSR count). The van der Waals surface area contributed by atoms with Crippen molar-refractivity contribution in [3.63, 3.8) is 0 Å². The first kappa shape index (κ1) is 16.6. The van der Waals surface area contributed by atoms with Gasteiger partial charge in [0.1, 0.15) is 5.66 Å². The van der Waals surface area contributed by atoms with Crippen LogP contribution in [0.1, 0.15) is 53.0 Å². The molecule has 2 aliphatic rings. The molecule has 2 aromatic rings. The summed E-state index contributed by atoms with van der Waals surface area (Å²) in [7, 11) is 1.37. The molecule has 1 unspecified atom stereocenters. The zero-order valence-corrected chi connectivity index (χ0v) is 15.3. The molecular weight excluding hydrogens is 328 g/mol. The zero-order chi connectivity index (χ0) is 18.5. The SMILES string of the molecule is CCCCN1c2ccc(C(=O)OC)cc2N2C(=O)c3ccccc3C12C. The van der Waals surface area contributed by atoms with Crippen LogP contribution in [0, 0.1) is 0 Å². The number of nitrogens with zero attached hydrogens (tertiary/aromatic N) is 2. The third-order valence-electron chi connectivity index (χ3n) is 5.50. The second kappa shape index (κ2) is 5.87. The van der Waals surface area contributed by atoms with Crippen molar-refractivity contribution in [3.05, 3.63) is 59.2 Å². The fraction of sp³-hybridized carbons (Fsp3) is 0.333. The quantitative estimate of drug-likeness (QED) is 0.784. The van der Waals surface area contributed by atoms with E-state index in [-0.39, 0.29) is 5.91 Å². The molecule has 5 nitrogen and oxygen atoms in total. The molecule has 2 heterocycles. The van der Waals surface area contributed by atoms with Crippen LogP contribution in [0.3, 0.4) is 0 Å². The van der Waals surface area contributed by atoms with E-state index in [1.807, 2.05) is 35.2 Å². The van der Waals surface area contributed by atoms with Crippen LogP contribution in [0.4, 0.5) is 11.4 Å². The number of ether oxygens (including phenoxy) is 1. The summed E-state index contributed by atoms with van der Waals surface area (Å²) in [6, 6.07) is 13.2. The highest BCUT2D eigenvalue weighted by molar-refractivity contribution is 6.16. The molecule has 26 heavy (non-hydrogen) atoms. The fourth-order valence-electron chi connectivity index (χ4n) is 4.20. The second-order valence-electron chi connectivity index (χ2n) is 6.91. The number of amides is 1. The van der Waals surface area contributed by atoms with Crippen molar-refractivity contribution < 1.29 is 14.3 Å². The first-order valence-corrected chi connectivity index (χ1v) is 8.98. The summed E-state index contributed by atoms with van der Waals surface area (Å²) in [5.41, 5.74) is 3.38. The summed E-state index contributed by atoms with van der Waals surface area (Å²) < 4.78 is 4.86. The minimum absolute atomic E-state index is 0.0228. The number of carbonyl (C=O) groups is 2. The van der Waals surface area contributed by atoms with E-state index < -0.39 is 11.6 Å². The van der Waals surface area contributed by atoms with Gasteiger partial charge in [0, 0.05) is 17.7 Å². The summed E-state index contributed by atoms with van der Waals surface area (Å²) in [6.07, 6.45) is 2.09. The lowest BCUT2D eigenvalue weighted by molar-refractivity contribution is 0.0600. The van der Waals surface area contributed by atoms with Gasteiger partial charge in [0.15, 0.2) is 0 Å². The molecule has 2 aliphatic heterocycles. The summed E-state index contributed by atoms with van der Waals surface area (Å²) in [6.45, 7) is 5.09. The van der Waals surface area contributed by atoms with E-state index >= 15 is 0 Å². The summed E-state index contributed by atoms with van der Waals surface area (Å²) in [5.74, 6) is -0.420. The Kier molecular flexibility index (Phi) is 3.75. The number of unbranched alkanes of at least 4 members (excludes halogenated alkanes) is 1. The van der Waals surface area contributed by atoms with Gasteiger partial charge < -0.3 is 9.64 Å². The van der Waals surface area contributed by atoms with Gasteiger partial charge in [-0.1, -0.05) is 31.5 Å². The van der Waals surface area contributed by atoms with Crippen LogP contribution in [0.5, 0.6) is 0 Å². The van der Waals surface area contributed by atoms with E-state index in [0.717, 1.165) is 41.9 Å². The van der Waals surface area contributed by atoms with E-state index in [2.05, 4.69) is 18.7 Å². The van der Waals surface area contributed by atoms with E-state index in [4.69, 9.17) is 4.74 Å². The van der Waals surface area contributed by atoms with E-state index in [1.54, 1.807) is 12.1 Å². The number of rotatable bonds is 4. The molecule has 0 saturated heterocycles. The Morgan fingerprint density at radius 3 is 2.65 bits per heavy atom. The van der Waals surface area contributed by atoms with Crippen LogP contribution in [0.15, 0.2) is 42.5 Å². The Balaban J connectivity index is 1.92. The molecule has 134 valence electrons. The average Bonchev–Trinajstić information content (AvgIpc) is 3.05. The lowest BCUT2D eigenvalue weighted by atomic mass is 9.98. The predicted molar refractivity (Wildman–Crippen MR) is 101 cm³/mol. The van der Waals surface area contributed by atoms with Crippen LogP contribution >= 0.6 is 0 Å². The predicted octanol–water partition coefficient (Wildman–Crippen LogP) is 3.93. The third-order valence-corrected chi connectivity index (χ3v) is 5.50. The van der Waals surface area contributed by atoms with Crippen LogP contribution in [0.2, 0.25) is 0 Å². The highest BCUT2D eigenvalue weighted by Crippen LogP contribution is 2.55. The van der Waals surface area contributed by atoms with Crippen LogP contribution in [0.25, 0.3) is 0 Å². The van der Waals surface area contributed by atoms with Gasteiger partial charge in [-0.25, -0.2) is 4.79 Å². The molecule has 0 N–H and O–H groups in total. The number of fused-ring (bicyclic) bond motifs is 5. The molecule has 0 aromatic heterocycles. The number of benzene rings is 2. The fourth-order valence-corrected chi connectivity index (χ4v) is 4.20. The normalized spacial score (nSPS) is 20.0. The van der Waals surface area contributed by atoms with Gasteiger partial charge in [0.25, 0.3) is 5.91 Å². The molecule has 5 heteroatoms. The first-order valence-electron chi connectivity index (χ1n) is 8.98. The standard InChI is InChI=1S/C21H22N2O3/c1-4-5-12-22-17-11-10-14(20(25)26-3)13-18(17)23-19(24)15-8-6-7-9-16(15)21(22,23)2/h6-11,13H,4-5,12H2,1-3H3. The Bertz CT molecular complexity index is 908. The number of hydrogen-bond acceptors (Lipinski definition) is 4. The molecule has 0 fully saturated rings. The Morgan fingerprint density at radius 1 is 1.15 bits per heavy atom. The maximum absolute atomic E-state index is 13.2. The van der Waals surface area contributed by atoms with Crippen molar-refractivity contribution in [2.45, 2.75) is 32.4 Å².